The third-order valence-electron chi connectivity index (χ3n) is 2.53. The molecule has 0 atom stereocenters. The van der Waals surface area contributed by atoms with Gasteiger partial charge in [0.1, 0.15) is 0 Å². The lowest BCUT2D eigenvalue weighted by Crippen LogP contribution is -2.17. The van der Waals surface area contributed by atoms with E-state index < -0.39 is 0 Å². The van der Waals surface area contributed by atoms with Gasteiger partial charge in [-0.25, -0.2) is 0 Å². The minimum Gasteiger partial charge on any atom is -0.400 e. The molecule has 0 spiro atoms. The summed E-state index contributed by atoms with van der Waals surface area (Å²) >= 11 is 0. The van der Waals surface area contributed by atoms with Crippen LogP contribution in [0.15, 0.2) is 24.3 Å². The Bertz CT molecular complexity index is 334. The molecular weight excluding hydrogens is 236 g/mol. The topological polar surface area (TPSA) is 86.8 Å². The van der Waals surface area contributed by atoms with Crippen LogP contribution < -0.4 is 4.90 Å². The van der Waals surface area contributed by atoms with Crippen LogP contribution in [0.2, 0.25) is 0 Å². The Morgan fingerprint density at radius 2 is 1.50 bits per heavy atom. The fourth-order valence-corrected chi connectivity index (χ4v) is 1.76. The second-order valence-corrected chi connectivity index (χ2v) is 3.47. The minimum atomic E-state index is -0.367. The molecule has 0 bridgehead atoms. The van der Waals surface area contributed by atoms with E-state index >= 15 is 0 Å². The third-order valence-corrected chi connectivity index (χ3v) is 2.53. The number of non-ortho nitro benzene ring substituents is 1. The molecule has 0 aliphatic carbocycles. The number of nitro groups is 1. The van der Waals surface area contributed by atoms with Crippen molar-refractivity contribution in [3.05, 3.63) is 34.4 Å². The van der Waals surface area contributed by atoms with E-state index in [1.54, 1.807) is 12.1 Å². The van der Waals surface area contributed by atoms with Crippen molar-refractivity contribution >= 4 is 11.4 Å². The molecule has 6 nitrogen and oxygen atoms in total. The summed E-state index contributed by atoms with van der Waals surface area (Å²) in [4.78, 5) is 12.3. The summed E-state index contributed by atoms with van der Waals surface area (Å²) in [7, 11) is 2.00. The molecule has 0 radical (unpaired) electrons. The molecule has 1 fully saturated rings. The molecule has 2 rings (SSSR count). The van der Waals surface area contributed by atoms with Crippen LogP contribution in [-0.2, 0) is 0 Å². The highest BCUT2D eigenvalue weighted by atomic mass is 16.6. The lowest BCUT2D eigenvalue weighted by molar-refractivity contribution is -0.384. The zero-order valence-electron chi connectivity index (χ0n) is 10.7. The van der Waals surface area contributed by atoms with Gasteiger partial charge in [0.05, 0.1) is 4.92 Å². The monoisotopic (exact) mass is 256 g/mol. The Hall–Kier alpha value is -1.66. The third kappa shape index (κ3) is 4.68. The number of nitro benzene ring substituents is 1. The fraction of sp³-hybridized carbons (Fsp3) is 0.500. The second-order valence-electron chi connectivity index (χ2n) is 3.47. The molecular formula is C12H20N2O4. The van der Waals surface area contributed by atoms with Crippen molar-refractivity contribution in [3.8, 4) is 0 Å². The molecule has 0 unspecified atom stereocenters. The van der Waals surface area contributed by atoms with Gasteiger partial charge in [-0.3, -0.25) is 10.1 Å². The van der Waals surface area contributed by atoms with Gasteiger partial charge in [0.2, 0.25) is 0 Å². The zero-order chi connectivity index (χ0) is 14.0. The molecule has 102 valence electrons. The average molecular weight is 256 g/mol. The molecule has 6 heteroatoms. The van der Waals surface area contributed by atoms with E-state index in [4.69, 9.17) is 10.2 Å². The summed E-state index contributed by atoms with van der Waals surface area (Å²) in [6.45, 7) is 2.13. The van der Waals surface area contributed by atoms with Crippen LogP contribution in [0.5, 0.6) is 0 Å². The Balaban J connectivity index is 0.000000659. The van der Waals surface area contributed by atoms with Gasteiger partial charge < -0.3 is 15.1 Å². The molecule has 18 heavy (non-hydrogen) atoms. The summed E-state index contributed by atoms with van der Waals surface area (Å²) in [5.41, 5.74) is 1.25. The van der Waals surface area contributed by atoms with Crippen molar-refractivity contribution in [1.29, 1.82) is 0 Å². The first kappa shape index (κ1) is 16.3. The molecule has 1 heterocycles. The van der Waals surface area contributed by atoms with Crippen molar-refractivity contribution < 1.29 is 15.1 Å². The smallest absolute Gasteiger partial charge is 0.269 e. The number of aliphatic hydroxyl groups excluding tert-OH is 2. The number of benzene rings is 1. The first-order chi connectivity index (χ1) is 8.77. The highest BCUT2D eigenvalue weighted by Crippen LogP contribution is 2.22. The number of anilines is 1. The number of hydrogen-bond donors (Lipinski definition) is 2. The van der Waals surface area contributed by atoms with Gasteiger partial charge in [-0.1, -0.05) is 0 Å². The standard InChI is InChI=1S/C10H12N2O2.2CH4O/c13-12(14)10-5-3-9(4-6-10)11-7-1-2-8-11;2*1-2/h3-6H,1-2,7-8H2;2*2H,1H3. The van der Waals surface area contributed by atoms with Crippen LogP contribution in [0.1, 0.15) is 12.8 Å². The Morgan fingerprint density at radius 3 is 1.89 bits per heavy atom. The minimum absolute atomic E-state index is 0.160. The predicted molar refractivity (Wildman–Crippen MR) is 70.8 cm³/mol. The molecule has 1 aliphatic rings. The van der Waals surface area contributed by atoms with Crippen molar-refractivity contribution in [2.45, 2.75) is 12.8 Å². The molecule has 1 saturated heterocycles. The van der Waals surface area contributed by atoms with Gasteiger partial charge in [-0.2, -0.15) is 0 Å². The molecule has 0 amide bonds. The zero-order valence-corrected chi connectivity index (χ0v) is 10.7. The predicted octanol–water partition coefficient (Wildman–Crippen LogP) is 1.41. The molecule has 0 aromatic heterocycles. The lowest BCUT2D eigenvalue weighted by atomic mass is 10.2. The van der Waals surface area contributed by atoms with E-state index in [1.165, 1.54) is 12.8 Å². The van der Waals surface area contributed by atoms with Crippen LogP contribution >= 0.6 is 0 Å². The Kier molecular flexibility index (Phi) is 8.51. The number of aliphatic hydroxyl groups is 2. The first-order valence-electron chi connectivity index (χ1n) is 5.66. The van der Waals surface area contributed by atoms with E-state index in [-0.39, 0.29) is 10.6 Å². The normalized spacial score (nSPS) is 13.0. The van der Waals surface area contributed by atoms with Crippen LogP contribution in [0.4, 0.5) is 11.4 Å². The SMILES string of the molecule is CO.CO.O=[N+]([O-])c1ccc(N2CCCC2)cc1. The average Bonchev–Trinajstić information content (AvgIpc) is 2.97. The van der Waals surface area contributed by atoms with Gasteiger partial charge in [-0.15, -0.1) is 0 Å². The maximum atomic E-state index is 10.4. The first-order valence-corrected chi connectivity index (χ1v) is 5.66. The van der Waals surface area contributed by atoms with E-state index in [1.807, 2.05) is 12.1 Å². The van der Waals surface area contributed by atoms with Gasteiger partial charge >= 0.3 is 0 Å². The largest absolute Gasteiger partial charge is 0.400 e. The van der Waals surface area contributed by atoms with Crippen molar-refractivity contribution in [2.24, 2.45) is 0 Å². The molecule has 1 aliphatic heterocycles. The van der Waals surface area contributed by atoms with Crippen LogP contribution in [0.3, 0.4) is 0 Å². The molecule has 2 N–H and O–H groups in total. The molecule has 0 saturated carbocycles. The van der Waals surface area contributed by atoms with Crippen LogP contribution in [0, 0.1) is 10.1 Å². The van der Waals surface area contributed by atoms with Crippen LogP contribution in [0.25, 0.3) is 0 Å². The maximum absolute atomic E-state index is 10.4. The van der Waals surface area contributed by atoms with Crippen molar-refractivity contribution in [2.75, 3.05) is 32.2 Å². The van der Waals surface area contributed by atoms with Gasteiger partial charge in [0, 0.05) is 45.1 Å². The fourth-order valence-electron chi connectivity index (χ4n) is 1.76. The van der Waals surface area contributed by atoms with E-state index in [2.05, 4.69) is 4.90 Å². The van der Waals surface area contributed by atoms with E-state index in [0.29, 0.717) is 0 Å². The van der Waals surface area contributed by atoms with Crippen LogP contribution in [-0.4, -0.2) is 42.4 Å². The summed E-state index contributed by atoms with van der Waals surface area (Å²) in [6, 6.07) is 6.77. The summed E-state index contributed by atoms with van der Waals surface area (Å²) < 4.78 is 0. The van der Waals surface area contributed by atoms with Gasteiger partial charge in [-0.05, 0) is 25.0 Å². The highest BCUT2D eigenvalue weighted by molar-refractivity contribution is 5.51. The van der Waals surface area contributed by atoms with Crippen molar-refractivity contribution in [3.63, 3.8) is 0 Å². The molecule has 1 aromatic rings. The second kappa shape index (κ2) is 9.38. The lowest BCUT2D eigenvalue weighted by Gasteiger charge is -2.16. The Labute approximate surface area is 107 Å². The van der Waals surface area contributed by atoms with Crippen molar-refractivity contribution in [1.82, 2.24) is 0 Å². The number of hydrogen-bond acceptors (Lipinski definition) is 5. The summed E-state index contributed by atoms with van der Waals surface area (Å²) in [5, 5.41) is 24.4. The highest BCUT2D eigenvalue weighted by Gasteiger charge is 2.13. The van der Waals surface area contributed by atoms with Gasteiger partial charge in [0.25, 0.3) is 5.69 Å². The molecule has 1 aromatic carbocycles. The quantitative estimate of drug-likeness (QED) is 0.617. The number of rotatable bonds is 2. The Morgan fingerprint density at radius 1 is 1.06 bits per heavy atom. The summed E-state index contributed by atoms with van der Waals surface area (Å²) in [5.74, 6) is 0. The van der Waals surface area contributed by atoms with Gasteiger partial charge in [0.15, 0.2) is 0 Å². The summed E-state index contributed by atoms with van der Waals surface area (Å²) in [6.07, 6.45) is 2.44. The maximum Gasteiger partial charge on any atom is 0.269 e. The van der Waals surface area contributed by atoms with E-state index in [0.717, 1.165) is 33.0 Å². The number of nitrogens with zero attached hydrogens (tertiary/aromatic N) is 2. The van der Waals surface area contributed by atoms with E-state index in [9.17, 15) is 10.1 Å².